The Hall–Kier alpha value is -2.45. The van der Waals surface area contributed by atoms with Gasteiger partial charge >= 0.3 is 0 Å². The number of benzene rings is 1. The maximum atomic E-state index is 12.7. The molecule has 1 aromatic carbocycles. The van der Waals surface area contributed by atoms with E-state index in [2.05, 4.69) is 10.2 Å². The van der Waals surface area contributed by atoms with Gasteiger partial charge in [0.1, 0.15) is 5.75 Å². The average Bonchev–Trinajstić information content (AvgIpc) is 3.03. The molecule has 3 rings (SSSR count). The molecule has 1 aromatic rings. The quantitative estimate of drug-likeness (QED) is 0.440. The highest BCUT2D eigenvalue weighted by atomic mass is 16.5. The molecule has 3 N–H and O–H groups in total. The minimum atomic E-state index is -0.478. The highest BCUT2D eigenvalue weighted by Crippen LogP contribution is 2.25. The fraction of sp³-hybridized carbons (Fsp3) is 0.591. The van der Waals surface area contributed by atoms with Crippen molar-refractivity contribution in [2.45, 2.75) is 45.1 Å². The van der Waals surface area contributed by atoms with E-state index in [1.54, 1.807) is 24.3 Å². The molecular formula is C22H32N4O4. The van der Waals surface area contributed by atoms with Crippen molar-refractivity contribution in [3.05, 3.63) is 24.3 Å². The molecule has 164 valence electrons. The first kappa shape index (κ1) is 22.2. The van der Waals surface area contributed by atoms with Gasteiger partial charge in [-0.05, 0) is 76.1 Å². The first-order valence-corrected chi connectivity index (χ1v) is 10.8. The lowest BCUT2D eigenvalue weighted by Gasteiger charge is -2.30. The number of anilines is 1. The van der Waals surface area contributed by atoms with Gasteiger partial charge in [0, 0.05) is 5.92 Å². The number of hydrogen-bond acceptors (Lipinski definition) is 6. The van der Waals surface area contributed by atoms with E-state index in [0.29, 0.717) is 18.8 Å². The number of rotatable bonds is 10. The summed E-state index contributed by atoms with van der Waals surface area (Å²) in [7, 11) is 0. The second kappa shape index (κ2) is 10.5. The zero-order valence-corrected chi connectivity index (χ0v) is 17.6. The Labute approximate surface area is 177 Å². The van der Waals surface area contributed by atoms with Crippen LogP contribution in [0.4, 0.5) is 5.69 Å². The normalized spacial score (nSPS) is 20.7. The van der Waals surface area contributed by atoms with Gasteiger partial charge < -0.3 is 20.7 Å². The molecule has 2 aliphatic heterocycles. The molecule has 3 amide bonds. The van der Waals surface area contributed by atoms with Gasteiger partial charge in [0.2, 0.25) is 11.8 Å². The van der Waals surface area contributed by atoms with Crippen LogP contribution in [0.25, 0.3) is 0 Å². The first-order chi connectivity index (χ1) is 14.5. The Morgan fingerprint density at radius 1 is 1.20 bits per heavy atom. The van der Waals surface area contributed by atoms with Crippen LogP contribution < -0.4 is 20.7 Å². The molecule has 0 aromatic heterocycles. The summed E-state index contributed by atoms with van der Waals surface area (Å²) >= 11 is 0. The summed E-state index contributed by atoms with van der Waals surface area (Å²) in [5.41, 5.74) is 5.95. The van der Waals surface area contributed by atoms with Crippen molar-refractivity contribution in [1.29, 1.82) is 0 Å². The molecule has 0 bridgehead atoms. The van der Waals surface area contributed by atoms with E-state index in [9.17, 15) is 14.4 Å². The van der Waals surface area contributed by atoms with Gasteiger partial charge in [-0.1, -0.05) is 6.92 Å². The van der Waals surface area contributed by atoms with Crippen LogP contribution in [0.2, 0.25) is 0 Å². The van der Waals surface area contributed by atoms with Gasteiger partial charge in [-0.3, -0.25) is 14.4 Å². The molecule has 2 fully saturated rings. The topological polar surface area (TPSA) is 105 Å². The number of nitrogens with one attached hydrogen (secondary N) is 1. The molecule has 0 saturated carbocycles. The number of nitrogens with zero attached hydrogens (tertiary/aromatic N) is 2. The van der Waals surface area contributed by atoms with Crippen molar-refractivity contribution in [2.75, 3.05) is 37.7 Å². The predicted molar refractivity (Wildman–Crippen MR) is 114 cm³/mol. The molecule has 1 atom stereocenters. The molecule has 0 spiro atoms. The summed E-state index contributed by atoms with van der Waals surface area (Å²) < 4.78 is 5.55. The number of imide groups is 1. The summed E-state index contributed by atoms with van der Waals surface area (Å²) in [4.78, 5) is 39.9. The number of hydrogen-bond donors (Lipinski definition) is 2. The van der Waals surface area contributed by atoms with Gasteiger partial charge in [0.25, 0.3) is 5.91 Å². The predicted octanol–water partition coefficient (Wildman–Crippen LogP) is 1.28. The lowest BCUT2D eigenvalue weighted by Crippen LogP contribution is -2.41. The molecule has 30 heavy (non-hydrogen) atoms. The van der Waals surface area contributed by atoms with E-state index in [-0.39, 0.29) is 30.1 Å². The Morgan fingerprint density at radius 3 is 2.53 bits per heavy atom. The fourth-order valence-electron chi connectivity index (χ4n) is 3.99. The summed E-state index contributed by atoms with van der Waals surface area (Å²) in [6.07, 6.45) is 3.61. The van der Waals surface area contributed by atoms with E-state index in [1.807, 2.05) is 6.92 Å². The Bertz CT molecular complexity index is 744. The van der Waals surface area contributed by atoms with Crippen LogP contribution in [-0.4, -0.2) is 61.4 Å². The number of primary amides is 1. The monoisotopic (exact) mass is 416 g/mol. The van der Waals surface area contributed by atoms with Crippen molar-refractivity contribution in [3.8, 4) is 5.75 Å². The second-order valence-corrected chi connectivity index (χ2v) is 7.99. The molecule has 2 heterocycles. The smallest absolute Gasteiger partial charge is 0.251 e. The first-order valence-electron chi connectivity index (χ1n) is 10.8. The van der Waals surface area contributed by atoms with Crippen LogP contribution in [-0.2, 0) is 14.4 Å². The Kier molecular flexibility index (Phi) is 7.81. The molecule has 0 aliphatic carbocycles. The third-order valence-corrected chi connectivity index (χ3v) is 5.75. The summed E-state index contributed by atoms with van der Waals surface area (Å²) in [5.74, 6) is 0.139. The van der Waals surface area contributed by atoms with E-state index in [0.717, 1.165) is 51.1 Å². The fourth-order valence-corrected chi connectivity index (χ4v) is 3.99. The molecule has 0 radical (unpaired) electrons. The minimum absolute atomic E-state index is 0.000228. The van der Waals surface area contributed by atoms with E-state index in [1.165, 1.54) is 4.90 Å². The zero-order chi connectivity index (χ0) is 21.5. The highest BCUT2D eigenvalue weighted by molar-refractivity contribution is 6.22. The van der Waals surface area contributed by atoms with Crippen molar-refractivity contribution in [3.63, 3.8) is 0 Å². The maximum Gasteiger partial charge on any atom is 0.251 e. The summed E-state index contributed by atoms with van der Waals surface area (Å²) in [6.45, 7) is 5.98. The lowest BCUT2D eigenvalue weighted by molar-refractivity contribution is -0.123. The number of likely N-dealkylation sites (tertiary alicyclic amines) is 1. The van der Waals surface area contributed by atoms with Crippen LogP contribution in [0.5, 0.6) is 5.75 Å². The second-order valence-electron chi connectivity index (χ2n) is 7.99. The lowest BCUT2D eigenvalue weighted by atomic mass is 9.96. The molecule has 8 nitrogen and oxygen atoms in total. The Morgan fingerprint density at radius 2 is 1.90 bits per heavy atom. The van der Waals surface area contributed by atoms with Crippen LogP contribution in [0.15, 0.2) is 24.3 Å². The minimum Gasteiger partial charge on any atom is -0.494 e. The number of nitrogens with two attached hydrogens (primary N) is 1. The van der Waals surface area contributed by atoms with Gasteiger partial charge in [0.15, 0.2) is 0 Å². The number of ether oxygens (including phenoxy) is 1. The zero-order valence-electron chi connectivity index (χ0n) is 17.6. The van der Waals surface area contributed by atoms with E-state index >= 15 is 0 Å². The maximum absolute atomic E-state index is 12.7. The number of piperidine rings is 1. The van der Waals surface area contributed by atoms with Gasteiger partial charge in [0.05, 0.1) is 24.8 Å². The molecule has 2 saturated heterocycles. The third-order valence-electron chi connectivity index (χ3n) is 5.75. The molecule has 0 unspecified atom stereocenters. The van der Waals surface area contributed by atoms with E-state index in [4.69, 9.17) is 10.5 Å². The molecular weight excluding hydrogens is 384 g/mol. The van der Waals surface area contributed by atoms with Crippen LogP contribution in [0, 0.1) is 5.92 Å². The number of carbonyl (C=O) groups is 3. The molecule has 8 heteroatoms. The number of carbonyl (C=O) groups excluding carboxylic acids is 3. The highest BCUT2D eigenvalue weighted by Gasteiger charge is 2.39. The Balaban J connectivity index is 1.42. The largest absolute Gasteiger partial charge is 0.494 e. The van der Waals surface area contributed by atoms with Crippen molar-refractivity contribution in [2.24, 2.45) is 11.7 Å². The molecule has 2 aliphatic rings. The summed E-state index contributed by atoms with van der Waals surface area (Å²) in [5, 5.41) is 3.23. The van der Waals surface area contributed by atoms with Gasteiger partial charge in [-0.2, -0.15) is 0 Å². The summed E-state index contributed by atoms with van der Waals surface area (Å²) in [6, 6.07) is 6.59. The van der Waals surface area contributed by atoms with Crippen LogP contribution >= 0.6 is 0 Å². The standard InChI is InChI=1S/C22H32N4O4/c1-2-14-30-18-6-4-17(5-7-18)26-20(27)15-19(22(26)29)24-10-3-11-25-12-8-16(9-13-25)21(23)28/h4-7,16,19,24H,2-3,8-15H2,1H3,(H2,23,28)/t19-/m0/s1. The van der Waals surface area contributed by atoms with Gasteiger partial charge in [-0.15, -0.1) is 0 Å². The van der Waals surface area contributed by atoms with Crippen LogP contribution in [0.3, 0.4) is 0 Å². The SMILES string of the molecule is CCCOc1ccc(N2C(=O)C[C@H](NCCCN3CCC(C(N)=O)CC3)C2=O)cc1. The van der Waals surface area contributed by atoms with Crippen molar-refractivity contribution in [1.82, 2.24) is 10.2 Å². The third kappa shape index (κ3) is 5.58. The van der Waals surface area contributed by atoms with Crippen molar-refractivity contribution >= 4 is 23.4 Å². The van der Waals surface area contributed by atoms with Crippen molar-refractivity contribution < 1.29 is 19.1 Å². The van der Waals surface area contributed by atoms with Gasteiger partial charge in [-0.25, -0.2) is 4.90 Å². The number of amides is 3. The van der Waals surface area contributed by atoms with Crippen LogP contribution in [0.1, 0.15) is 39.0 Å². The van der Waals surface area contributed by atoms with E-state index < -0.39 is 6.04 Å². The average molecular weight is 417 g/mol.